The fourth-order valence-corrected chi connectivity index (χ4v) is 3.34. The van der Waals surface area contributed by atoms with Crippen LogP contribution in [-0.2, 0) is 11.3 Å². The number of nitrogens with zero attached hydrogens (tertiary/aromatic N) is 1. The highest BCUT2D eigenvalue weighted by Gasteiger charge is 2.33. The summed E-state index contributed by atoms with van der Waals surface area (Å²) in [4.78, 5) is 27.2. The van der Waals surface area contributed by atoms with E-state index in [1.165, 1.54) is 6.07 Å². The topological polar surface area (TPSA) is 58.6 Å². The maximum Gasteiger partial charge on any atom is 0.261 e. The molecule has 1 fully saturated rings. The molecule has 4 rings (SSSR count). The highest BCUT2D eigenvalue weighted by molar-refractivity contribution is 6.06. The molecule has 2 amide bonds. The van der Waals surface area contributed by atoms with E-state index in [9.17, 15) is 14.0 Å². The van der Waals surface area contributed by atoms with Gasteiger partial charge in [-0.1, -0.05) is 48.5 Å². The van der Waals surface area contributed by atoms with Crippen LogP contribution < -0.4 is 10.1 Å². The molecule has 3 aromatic rings. The third-order valence-corrected chi connectivity index (χ3v) is 5.12. The second kappa shape index (κ2) is 9.43. The number of hydrogen-bond donors (Lipinski definition) is 1. The Morgan fingerprint density at radius 1 is 0.935 bits per heavy atom. The largest absolute Gasteiger partial charge is 0.483 e. The molecule has 1 aliphatic carbocycles. The van der Waals surface area contributed by atoms with Gasteiger partial charge in [-0.3, -0.25) is 9.59 Å². The normalized spacial score (nSPS) is 12.8. The minimum Gasteiger partial charge on any atom is -0.483 e. The molecule has 5 nitrogen and oxygen atoms in total. The summed E-state index contributed by atoms with van der Waals surface area (Å²) in [5, 5.41) is 2.82. The van der Waals surface area contributed by atoms with Crippen molar-refractivity contribution in [3.8, 4) is 5.75 Å². The Balaban J connectivity index is 1.43. The molecule has 0 bridgehead atoms. The predicted octanol–water partition coefficient (Wildman–Crippen LogP) is 4.65. The zero-order chi connectivity index (χ0) is 21.6. The summed E-state index contributed by atoms with van der Waals surface area (Å²) >= 11 is 0. The molecule has 158 valence electrons. The average molecular weight is 418 g/mol. The van der Waals surface area contributed by atoms with Crippen LogP contribution in [0.2, 0.25) is 0 Å². The maximum atomic E-state index is 14.1. The summed E-state index contributed by atoms with van der Waals surface area (Å²) < 4.78 is 19.8. The number of nitrogens with one attached hydrogen (secondary N) is 1. The second-order valence-corrected chi connectivity index (χ2v) is 7.45. The standard InChI is InChI=1S/C25H23FN2O3/c26-22-12-6-4-8-18(22)16-28(20-14-15-20)24(29)17-31-23-13-7-5-11-21(23)25(30)27-19-9-2-1-3-10-19/h1-13,20H,14-17H2,(H,27,30). The first-order valence-electron chi connectivity index (χ1n) is 10.2. The van der Waals surface area contributed by atoms with E-state index >= 15 is 0 Å². The van der Waals surface area contributed by atoms with Crippen LogP contribution in [0.4, 0.5) is 10.1 Å². The van der Waals surface area contributed by atoms with Gasteiger partial charge in [0.15, 0.2) is 6.61 Å². The third-order valence-electron chi connectivity index (χ3n) is 5.12. The first-order valence-corrected chi connectivity index (χ1v) is 10.2. The van der Waals surface area contributed by atoms with Crippen LogP contribution in [0.25, 0.3) is 0 Å². The smallest absolute Gasteiger partial charge is 0.261 e. The van der Waals surface area contributed by atoms with E-state index in [1.807, 2.05) is 18.2 Å². The number of benzene rings is 3. The van der Waals surface area contributed by atoms with Gasteiger partial charge in [-0.15, -0.1) is 0 Å². The number of carbonyl (C=O) groups is 2. The van der Waals surface area contributed by atoms with Gasteiger partial charge in [-0.2, -0.15) is 0 Å². The Bertz CT molecular complexity index is 1070. The van der Waals surface area contributed by atoms with Crippen molar-refractivity contribution in [1.82, 2.24) is 4.90 Å². The molecule has 0 aliphatic heterocycles. The molecule has 0 radical (unpaired) electrons. The molecule has 0 saturated heterocycles. The van der Waals surface area contributed by atoms with Gasteiger partial charge in [0.2, 0.25) is 0 Å². The lowest BCUT2D eigenvalue weighted by Crippen LogP contribution is -2.36. The number of halogens is 1. The van der Waals surface area contributed by atoms with Gasteiger partial charge < -0.3 is 15.0 Å². The predicted molar refractivity (Wildman–Crippen MR) is 116 cm³/mol. The molecular weight excluding hydrogens is 395 g/mol. The summed E-state index contributed by atoms with van der Waals surface area (Å²) in [6, 6.07) is 22.5. The van der Waals surface area contributed by atoms with Gasteiger partial charge in [0.05, 0.1) is 5.56 Å². The molecule has 1 aliphatic rings. The lowest BCUT2D eigenvalue weighted by atomic mass is 10.2. The zero-order valence-electron chi connectivity index (χ0n) is 17.0. The molecule has 1 saturated carbocycles. The first-order chi connectivity index (χ1) is 15.1. The van der Waals surface area contributed by atoms with Crippen LogP contribution in [0.5, 0.6) is 5.75 Å². The summed E-state index contributed by atoms with van der Waals surface area (Å²) in [5.41, 5.74) is 1.49. The van der Waals surface area contributed by atoms with Crippen molar-refractivity contribution in [3.05, 3.63) is 95.8 Å². The monoisotopic (exact) mass is 418 g/mol. The van der Waals surface area contributed by atoms with Crippen molar-refractivity contribution < 1.29 is 18.7 Å². The van der Waals surface area contributed by atoms with Crippen molar-refractivity contribution in [2.75, 3.05) is 11.9 Å². The second-order valence-electron chi connectivity index (χ2n) is 7.45. The summed E-state index contributed by atoms with van der Waals surface area (Å²) in [6.07, 6.45) is 1.80. The van der Waals surface area contributed by atoms with Crippen LogP contribution in [0, 0.1) is 5.82 Å². The summed E-state index contributed by atoms with van der Waals surface area (Å²) in [6.45, 7) is -0.0176. The number of ether oxygens (including phenoxy) is 1. The summed E-state index contributed by atoms with van der Waals surface area (Å²) in [5.74, 6) is -0.556. The van der Waals surface area contributed by atoms with E-state index < -0.39 is 0 Å². The third kappa shape index (κ3) is 5.28. The molecule has 0 atom stereocenters. The first kappa shape index (κ1) is 20.6. The Kier molecular flexibility index (Phi) is 6.26. The molecule has 6 heteroatoms. The molecule has 3 aromatic carbocycles. The Morgan fingerprint density at radius 3 is 2.35 bits per heavy atom. The Morgan fingerprint density at radius 2 is 1.61 bits per heavy atom. The van der Waals surface area contributed by atoms with Crippen LogP contribution in [0.3, 0.4) is 0 Å². The molecule has 0 heterocycles. The SMILES string of the molecule is O=C(Nc1ccccc1)c1ccccc1OCC(=O)N(Cc1ccccc1F)C1CC1. The van der Waals surface area contributed by atoms with Crippen LogP contribution in [0.1, 0.15) is 28.8 Å². The molecule has 1 N–H and O–H groups in total. The highest BCUT2D eigenvalue weighted by Crippen LogP contribution is 2.29. The van der Waals surface area contributed by atoms with E-state index in [0.29, 0.717) is 22.6 Å². The molecule has 0 unspecified atom stereocenters. The van der Waals surface area contributed by atoms with Crippen molar-refractivity contribution >= 4 is 17.5 Å². The number of hydrogen-bond acceptors (Lipinski definition) is 3. The minimum atomic E-state index is -0.329. The molecule has 31 heavy (non-hydrogen) atoms. The van der Waals surface area contributed by atoms with E-state index in [2.05, 4.69) is 5.32 Å². The number of anilines is 1. The van der Waals surface area contributed by atoms with Gasteiger partial charge in [-0.05, 0) is 43.2 Å². The fraction of sp³-hybridized carbons (Fsp3) is 0.200. The van der Waals surface area contributed by atoms with Crippen LogP contribution in [-0.4, -0.2) is 29.4 Å². The lowest BCUT2D eigenvalue weighted by molar-refractivity contribution is -0.134. The van der Waals surface area contributed by atoms with Crippen molar-refractivity contribution in [2.24, 2.45) is 0 Å². The Labute approximate surface area is 180 Å². The van der Waals surface area contributed by atoms with Crippen LogP contribution in [0.15, 0.2) is 78.9 Å². The van der Waals surface area contributed by atoms with Crippen LogP contribution >= 0.6 is 0 Å². The highest BCUT2D eigenvalue weighted by atomic mass is 19.1. The van der Waals surface area contributed by atoms with E-state index in [-0.39, 0.29) is 36.8 Å². The Hall–Kier alpha value is -3.67. The lowest BCUT2D eigenvalue weighted by Gasteiger charge is -2.23. The van der Waals surface area contributed by atoms with Gasteiger partial charge in [0.25, 0.3) is 11.8 Å². The van der Waals surface area contributed by atoms with Crippen molar-refractivity contribution in [2.45, 2.75) is 25.4 Å². The maximum absolute atomic E-state index is 14.1. The van der Waals surface area contributed by atoms with Crippen molar-refractivity contribution in [1.29, 1.82) is 0 Å². The minimum absolute atomic E-state index is 0.104. The van der Waals surface area contributed by atoms with Gasteiger partial charge in [-0.25, -0.2) is 4.39 Å². The average Bonchev–Trinajstić information content (AvgIpc) is 3.63. The fourth-order valence-electron chi connectivity index (χ4n) is 3.34. The van der Waals surface area contributed by atoms with E-state index in [4.69, 9.17) is 4.74 Å². The zero-order valence-corrected chi connectivity index (χ0v) is 17.0. The van der Waals surface area contributed by atoms with Gasteiger partial charge in [0.1, 0.15) is 11.6 Å². The molecule has 0 spiro atoms. The summed E-state index contributed by atoms with van der Waals surface area (Å²) in [7, 11) is 0. The van der Waals surface area contributed by atoms with Gasteiger partial charge >= 0.3 is 0 Å². The number of carbonyl (C=O) groups excluding carboxylic acids is 2. The van der Waals surface area contributed by atoms with Crippen molar-refractivity contribution in [3.63, 3.8) is 0 Å². The number of amides is 2. The molecule has 0 aromatic heterocycles. The number of para-hydroxylation sites is 2. The van der Waals surface area contributed by atoms with E-state index in [0.717, 1.165) is 12.8 Å². The quantitative estimate of drug-likeness (QED) is 0.579. The van der Waals surface area contributed by atoms with Gasteiger partial charge in [0, 0.05) is 23.8 Å². The molecular formula is C25H23FN2O3. The number of rotatable bonds is 8. The van der Waals surface area contributed by atoms with E-state index in [1.54, 1.807) is 59.5 Å².